The molecule has 1 unspecified atom stereocenters. The third kappa shape index (κ3) is 1.71. The number of benzene rings is 1. The summed E-state index contributed by atoms with van der Waals surface area (Å²) in [6.07, 6.45) is 4.69. The molecule has 0 saturated heterocycles. The maximum atomic E-state index is 11.3. The van der Waals surface area contributed by atoms with Gasteiger partial charge in [-0.1, -0.05) is 43.2 Å². The topological polar surface area (TPSA) is 57.5 Å². The first-order chi connectivity index (χ1) is 9.12. The van der Waals surface area contributed by atoms with E-state index in [4.69, 9.17) is 0 Å². The molecule has 2 aliphatic carbocycles. The van der Waals surface area contributed by atoms with E-state index in [9.17, 15) is 15.0 Å². The normalized spacial score (nSPS) is 24.9. The van der Waals surface area contributed by atoms with Gasteiger partial charge in [0.2, 0.25) is 0 Å². The average molecular weight is 260 g/mol. The van der Waals surface area contributed by atoms with Crippen molar-refractivity contribution >= 4 is 5.97 Å². The summed E-state index contributed by atoms with van der Waals surface area (Å²) in [6, 6.07) is 10.2. The molecular formula is C16H20O3. The fourth-order valence-corrected chi connectivity index (χ4v) is 4.19. The molecule has 2 N–H and O–H groups in total. The van der Waals surface area contributed by atoms with Gasteiger partial charge in [-0.3, -0.25) is 0 Å². The van der Waals surface area contributed by atoms with Crippen molar-refractivity contribution in [2.75, 3.05) is 0 Å². The van der Waals surface area contributed by atoms with Crippen molar-refractivity contribution in [1.29, 1.82) is 0 Å². The number of carboxylic acid groups (broad SMARTS) is 1. The monoisotopic (exact) mass is 260 g/mol. The quantitative estimate of drug-likeness (QED) is 0.875. The SMILES string of the molecule is O=C(O)C(O)C1(C2(c3ccccc3)CCCC2)CC1. The lowest BCUT2D eigenvalue weighted by atomic mass is 9.64. The molecule has 19 heavy (non-hydrogen) atoms. The minimum absolute atomic E-state index is 0.133. The van der Waals surface area contributed by atoms with Crippen LogP contribution in [0, 0.1) is 5.41 Å². The van der Waals surface area contributed by atoms with Crippen LogP contribution in [0.15, 0.2) is 30.3 Å². The summed E-state index contributed by atoms with van der Waals surface area (Å²) in [5, 5.41) is 19.4. The van der Waals surface area contributed by atoms with Crippen molar-refractivity contribution in [3.63, 3.8) is 0 Å². The first kappa shape index (κ1) is 12.7. The van der Waals surface area contributed by atoms with E-state index in [-0.39, 0.29) is 5.41 Å². The number of aliphatic hydroxyl groups excluding tert-OH is 1. The molecule has 2 saturated carbocycles. The van der Waals surface area contributed by atoms with Crippen molar-refractivity contribution in [1.82, 2.24) is 0 Å². The van der Waals surface area contributed by atoms with Crippen LogP contribution in [0.25, 0.3) is 0 Å². The summed E-state index contributed by atoms with van der Waals surface area (Å²) < 4.78 is 0. The zero-order valence-corrected chi connectivity index (χ0v) is 11.0. The maximum absolute atomic E-state index is 11.3. The number of hydrogen-bond acceptors (Lipinski definition) is 2. The summed E-state index contributed by atoms with van der Waals surface area (Å²) in [5.41, 5.74) is 0.647. The Kier molecular flexibility index (Phi) is 2.90. The molecule has 0 radical (unpaired) electrons. The van der Waals surface area contributed by atoms with Crippen molar-refractivity contribution in [2.45, 2.75) is 50.0 Å². The lowest BCUT2D eigenvalue weighted by Crippen LogP contribution is -2.45. The van der Waals surface area contributed by atoms with Gasteiger partial charge >= 0.3 is 5.97 Å². The fraction of sp³-hybridized carbons (Fsp3) is 0.562. The predicted molar refractivity (Wildman–Crippen MR) is 71.9 cm³/mol. The highest BCUT2D eigenvalue weighted by Gasteiger charge is 2.65. The number of carbonyl (C=O) groups is 1. The molecule has 2 aliphatic rings. The molecule has 1 aromatic rings. The molecule has 0 aliphatic heterocycles. The molecule has 2 fully saturated rings. The number of rotatable bonds is 4. The highest BCUT2D eigenvalue weighted by atomic mass is 16.4. The van der Waals surface area contributed by atoms with Crippen LogP contribution in [0.4, 0.5) is 0 Å². The zero-order chi connectivity index (χ0) is 13.5. The molecule has 3 nitrogen and oxygen atoms in total. The van der Waals surface area contributed by atoms with E-state index >= 15 is 0 Å². The van der Waals surface area contributed by atoms with E-state index in [2.05, 4.69) is 12.1 Å². The lowest BCUT2D eigenvalue weighted by Gasteiger charge is -2.40. The van der Waals surface area contributed by atoms with Crippen molar-refractivity contribution in [2.24, 2.45) is 5.41 Å². The highest BCUT2D eigenvalue weighted by Crippen LogP contribution is 2.67. The fourth-order valence-electron chi connectivity index (χ4n) is 4.19. The van der Waals surface area contributed by atoms with Crippen LogP contribution in [0.5, 0.6) is 0 Å². The van der Waals surface area contributed by atoms with Crippen LogP contribution in [0.1, 0.15) is 44.1 Å². The largest absolute Gasteiger partial charge is 0.479 e. The Hall–Kier alpha value is -1.35. The lowest BCUT2D eigenvalue weighted by molar-refractivity contribution is -0.153. The molecular weight excluding hydrogens is 240 g/mol. The van der Waals surface area contributed by atoms with Crippen LogP contribution in [-0.4, -0.2) is 22.3 Å². The molecule has 0 spiro atoms. The maximum Gasteiger partial charge on any atom is 0.333 e. The summed E-state index contributed by atoms with van der Waals surface area (Å²) in [7, 11) is 0. The molecule has 1 atom stereocenters. The standard InChI is InChI=1S/C16H20O3/c17-13(14(18)19)16(10-11-16)15(8-4-5-9-15)12-6-2-1-3-7-12/h1-3,6-7,13,17H,4-5,8-11H2,(H,18,19). The number of hydrogen-bond donors (Lipinski definition) is 2. The average Bonchev–Trinajstić information content (AvgIpc) is 3.10. The number of carboxylic acids is 1. The molecule has 0 bridgehead atoms. The molecule has 3 rings (SSSR count). The second-order valence-corrected chi connectivity index (χ2v) is 6.05. The smallest absolute Gasteiger partial charge is 0.333 e. The van der Waals surface area contributed by atoms with E-state index < -0.39 is 17.5 Å². The van der Waals surface area contributed by atoms with Crippen molar-refractivity contribution < 1.29 is 15.0 Å². The van der Waals surface area contributed by atoms with Gasteiger partial charge in [-0.15, -0.1) is 0 Å². The van der Waals surface area contributed by atoms with E-state index in [1.165, 1.54) is 5.56 Å². The predicted octanol–water partition coefficient (Wildman–Crippen LogP) is 2.72. The van der Waals surface area contributed by atoms with Crippen LogP contribution in [-0.2, 0) is 10.2 Å². The van der Waals surface area contributed by atoms with E-state index in [1.54, 1.807) is 0 Å². The summed E-state index contributed by atoms with van der Waals surface area (Å²) in [6.45, 7) is 0. The van der Waals surface area contributed by atoms with Crippen LogP contribution in [0.2, 0.25) is 0 Å². The van der Waals surface area contributed by atoms with E-state index in [0.717, 1.165) is 38.5 Å². The number of aliphatic hydroxyl groups is 1. The Balaban J connectivity index is 2.05. The van der Waals surface area contributed by atoms with Crippen molar-refractivity contribution in [3.8, 4) is 0 Å². The van der Waals surface area contributed by atoms with Gasteiger partial charge in [0, 0.05) is 10.8 Å². The summed E-state index contributed by atoms with van der Waals surface area (Å²) >= 11 is 0. The van der Waals surface area contributed by atoms with Gasteiger partial charge in [0.15, 0.2) is 6.10 Å². The van der Waals surface area contributed by atoms with Crippen LogP contribution in [0.3, 0.4) is 0 Å². The van der Waals surface area contributed by atoms with Crippen LogP contribution >= 0.6 is 0 Å². The Bertz CT molecular complexity index is 470. The zero-order valence-electron chi connectivity index (χ0n) is 11.0. The summed E-state index contributed by atoms with van der Waals surface area (Å²) in [5.74, 6) is -1.07. The first-order valence-electron chi connectivity index (χ1n) is 7.09. The van der Waals surface area contributed by atoms with Crippen molar-refractivity contribution in [3.05, 3.63) is 35.9 Å². The molecule has 102 valence electrons. The minimum Gasteiger partial charge on any atom is -0.479 e. The highest BCUT2D eigenvalue weighted by molar-refractivity contribution is 5.74. The van der Waals surface area contributed by atoms with Gasteiger partial charge in [0.25, 0.3) is 0 Å². The van der Waals surface area contributed by atoms with Crippen LogP contribution < -0.4 is 0 Å². The molecule has 3 heteroatoms. The third-order valence-corrected chi connectivity index (χ3v) is 5.28. The molecule has 1 aromatic carbocycles. The molecule has 0 heterocycles. The van der Waals surface area contributed by atoms with E-state index in [1.807, 2.05) is 18.2 Å². The Morgan fingerprint density at radius 3 is 2.11 bits per heavy atom. The van der Waals surface area contributed by atoms with Gasteiger partial charge in [0.1, 0.15) is 0 Å². The molecule has 0 amide bonds. The molecule has 0 aromatic heterocycles. The first-order valence-corrected chi connectivity index (χ1v) is 7.09. The second-order valence-electron chi connectivity index (χ2n) is 6.05. The van der Waals surface area contributed by atoms with Gasteiger partial charge in [-0.2, -0.15) is 0 Å². The van der Waals surface area contributed by atoms with Gasteiger partial charge in [-0.25, -0.2) is 4.79 Å². The summed E-state index contributed by atoms with van der Waals surface area (Å²) in [4.78, 5) is 11.3. The van der Waals surface area contributed by atoms with Gasteiger partial charge in [0.05, 0.1) is 0 Å². The third-order valence-electron chi connectivity index (χ3n) is 5.28. The minimum atomic E-state index is -1.23. The number of aliphatic carboxylic acids is 1. The van der Waals surface area contributed by atoms with Gasteiger partial charge < -0.3 is 10.2 Å². The Morgan fingerprint density at radius 1 is 1.05 bits per heavy atom. The van der Waals surface area contributed by atoms with E-state index in [0.29, 0.717) is 0 Å². The Labute approximate surface area is 113 Å². The van der Waals surface area contributed by atoms with Gasteiger partial charge in [-0.05, 0) is 31.2 Å². The second kappa shape index (κ2) is 4.34. The Morgan fingerprint density at radius 2 is 1.63 bits per heavy atom.